The van der Waals surface area contributed by atoms with Crippen molar-refractivity contribution in [2.45, 2.75) is 13.0 Å². The average molecular weight is 452 g/mol. The van der Waals surface area contributed by atoms with Crippen molar-refractivity contribution < 1.29 is 23.8 Å². The van der Waals surface area contributed by atoms with Gasteiger partial charge in [0.05, 0.1) is 24.3 Å². The smallest absolute Gasteiger partial charge is 0.300 e. The van der Waals surface area contributed by atoms with Crippen molar-refractivity contribution in [1.82, 2.24) is 0 Å². The van der Waals surface area contributed by atoms with E-state index in [0.29, 0.717) is 22.0 Å². The van der Waals surface area contributed by atoms with Gasteiger partial charge in [-0.3, -0.25) is 14.5 Å². The predicted octanol–water partition coefficient (Wildman–Crippen LogP) is 5.42. The molecule has 1 atom stereocenters. The number of ketones is 1. The molecule has 1 aliphatic rings. The fourth-order valence-corrected chi connectivity index (χ4v) is 4.07. The first-order chi connectivity index (χ1) is 15.3. The largest absolute Gasteiger partial charge is 0.507 e. The van der Waals surface area contributed by atoms with Gasteiger partial charge in [-0.2, -0.15) is 0 Å². The molecule has 3 aromatic carbocycles. The summed E-state index contributed by atoms with van der Waals surface area (Å²) >= 11 is 6.12. The molecule has 0 spiro atoms. The van der Waals surface area contributed by atoms with E-state index in [4.69, 9.17) is 16.3 Å². The lowest BCUT2D eigenvalue weighted by Gasteiger charge is -2.26. The molecule has 1 fully saturated rings. The fraction of sp³-hybridized carbons (Fsp3) is 0.120. The van der Waals surface area contributed by atoms with Crippen LogP contribution in [0.15, 0.2) is 72.3 Å². The van der Waals surface area contributed by atoms with Crippen LogP contribution in [0.25, 0.3) is 5.76 Å². The van der Waals surface area contributed by atoms with Gasteiger partial charge in [-0.05, 0) is 60.5 Å². The van der Waals surface area contributed by atoms with E-state index in [2.05, 4.69) is 0 Å². The van der Waals surface area contributed by atoms with Gasteiger partial charge in [0.25, 0.3) is 11.7 Å². The number of anilines is 1. The van der Waals surface area contributed by atoms with Gasteiger partial charge in [0.1, 0.15) is 17.3 Å². The van der Waals surface area contributed by atoms with Crippen LogP contribution in [0.1, 0.15) is 22.7 Å². The summed E-state index contributed by atoms with van der Waals surface area (Å²) in [6.07, 6.45) is 0. The summed E-state index contributed by atoms with van der Waals surface area (Å²) < 4.78 is 18.9. The number of methoxy groups -OCH3 is 1. The molecular formula is C25H19ClFNO4. The van der Waals surface area contributed by atoms with Gasteiger partial charge in [0, 0.05) is 10.7 Å². The standard InChI is InChI=1S/C25H19ClFNO4/c1-14-5-3-4-6-18(14)22-21(23(29)19-13-15(26)7-12-20(19)32-2)24(30)25(31)28(22)17-10-8-16(27)9-11-17/h3-13,22,29H,1-2H3/b23-21+. The number of rotatable bonds is 4. The Morgan fingerprint density at radius 2 is 1.75 bits per heavy atom. The topological polar surface area (TPSA) is 66.8 Å². The number of halogens is 2. The molecule has 0 bridgehead atoms. The van der Waals surface area contributed by atoms with Crippen molar-refractivity contribution in [3.05, 3.63) is 99.8 Å². The number of aliphatic hydroxyl groups is 1. The molecule has 1 N–H and O–H groups in total. The number of nitrogens with zero attached hydrogens (tertiary/aromatic N) is 1. The lowest BCUT2D eigenvalue weighted by Crippen LogP contribution is -2.29. The van der Waals surface area contributed by atoms with Crippen LogP contribution < -0.4 is 9.64 Å². The highest BCUT2D eigenvalue weighted by molar-refractivity contribution is 6.51. The second-order valence-electron chi connectivity index (χ2n) is 7.35. The average Bonchev–Trinajstić information content (AvgIpc) is 3.04. The SMILES string of the molecule is COc1ccc(Cl)cc1/C(O)=C1\C(=O)C(=O)N(c2ccc(F)cc2)C1c1ccccc1C. The van der Waals surface area contributed by atoms with E-state index in [-0.39, 0.29) is 11.1 Å². The summed E-state index contributed by atoms with van der Waals surface area (Å²) in [5, 5.41) is 11.6. The normalized spacial score (nSPS) is 17.6. The Kier molecular flexibility index (Phi) is 5.72. The molecule has 0 aromatic heterocycles. The molecule has 5 nitrogen and oxygen atoms in total. The van der Waals surface area contributed by atoms with Gasteiger partial charge in [-0.15, -0.1) is 0 Å². The maximum absolute atomic E-state index is 13.5. The molecule has 32 heavy (non-hydrogen) atoms. The first-order valence-electron chi connectivity index (χ1n) is 9.79. The zero-order valence-electron chi connectivity index (χ0n) is 17.3. The molecule has 0 radical (unpaired) electrons. The van der Waals surface area contributed by atoms with Crippen molar-refractivity contribution in [3.63, 3.8) is 0 Å². The van der Waals surface area contributed by atoms with E-state index < -0.39 is 29.3 Å². The molecule has 1 saturated heterocycles. The van der Waals surface area contributed by atoms with Crippen LogP contribution >= 0.6 is 11.6 Å². The van der Waals surface area contributed by atoms with Gasteiger partial charge in [0.2, 0.25) is 0 Å². The summed E-state index contributed by atoms with van der Waals surface area (Å²) in [6.45, 7) is 1.85. The molecule has 1 amide bonds. The number of hydrogen-bond acceptors (Lipinski definition) is 4. The molecule has 0 aliphatic carbocycles. The van der Waals surface area contributed by atoms with E-state index >= 15 is 0 Å². The minimum absolute atomic E-state index is 0.103. The molecule has 0 saturated carbocycles. The van der Waals surface area contributed by atoms with Gasteiger partial charge in [0.15, 0.2) is 0 Å². The maximum Gasteiger partial charge on any atom is 0.300 e. The molecule has 1 aliphatic heterocycles. The lowest BCUT2D eigenvalue weighted by atomic mass is 9.92. The number of benzene rings is 3. The van der Waals surface area contributed by atoms with Crippen molar-refractivity contribution in [1.29, 1.82) is 0 Å². The zero-order chi connectivity index (χ0) is 23.0. The van der Waals surface area contributed by atoms with Crippen molar-refractivity contribution in [2.24, 2.45) is 0 Å². The number of amides is 1. The van der Waals surface area contributed by atoms with Crippen molar-refractivity contribution >= 4 is 34.7 Å². The van der Waals surface area contributed by atoms with Crippen LogP contribution in [0.2, 0.25) is 5.02 Å². The maximum atomic E-state index is 13.5. The molecule has 162 valence electrons. The lowest BCUT2D eigenvalue weighted by molar-refractivity contribution is -0.132. The molecule has 7 heteroatoms. The zero-order valence-corrected chi connectivity index (χ0v) is 18.1. The number of ether oxygens (including phenoxy) is 1. The number of aryl methyl sites for hydroxylation is 1. The van der Waals surface area contributed by atoms with E-state index in [1.54, 1.807) is 24.3 Å². The van der Waals surface area contributed by atoms with Crippen LogP contribution in [0.5, 0.6) is 5.75 Å². The van der Waals surface area contributed by atoms with Crippen molar-refractivity contribution in [3.8, 4) is 5.75 Å². The highest BCUT2D eigenvalue weighted by atomic mass is 35.5. The number of carbonyl (C=O) groups is 2. The first kappa shape index (κ1) is 21.6. The summed E-state index contributed by atoms with van der Waals surface area (Å²) in [7, 11) is 1.43. The van der Waals surface area contributed by atoms with Gasteiger partial charge in [-0.25, -0.2) is 4.39 Å². The molecule has 3 aromatic rings. The van der Waals surface area contributed by atoms with E-state index in [9.17, 15) is 19.1 Å². The van der Waals surface area contributed by atoms with Crippen LogP contribution in [0.3, 0.4) is 0 Å². The number of hydrogen-bond donors (Lipinski definition) is 1. The Hall–Kier alpha value is -3.64. The Balaban J connectivity index is 2.01. The summed E-state index contributed by atoms with van der Waals surface area (Å²) in [4.78, 5) is 27.6. The summed E-state index contributed by atoms with van der Waals surface area (Å²) in [5.41, 5.74) is 1.89. The third-order valence-corrected chi connectivity index (χ3v) is 5.68. The minimum Gasteiger partial charge on any atom is -0.507 e. The highest BCUT2D eigenvalue weighted by Gasteiger charge is 2.47. The van der Waals surface area contributed by atoms with Crippen LogP contribution in [-0.2, 0) is 9.59 Å². The third-order valence-electron chi connectivity index (χ3n) is 5.45. The molecular weight excluding hydrogens is 433 g/mol. The minimum atomic E-state index is -0.926. The Bertz CT molecular complexity index is 1250. The number of carbonyl (C=O) groups excluding carboxylic acids is 2. The summed E-state index contributed by atoms with van der Waals surface area (Å²) in [5.74, 6) is -2.26. The second-order valence-corrected chi connectivity index (χ2v) is 7.78. The molecule has 1 heterocycles. The van der Waals surface area contributed by atoms with E-state index in [1.807, 2.05) is 19.1 Å². The molecule has 1 unspecified atom stereocenters. The number of Topliss-reactive ketones (excluding diaryl/α,β-unsaturated/α-hetero) is 1. The van der Waals surface area contributed by atoms with Gasteiger partial charge in [-0.1, -0.05) is 35.9 Å². The summed E-state index contributed by atoms with van der Waals surface area (Å²) in [6, 6.07) is 16.2. The number of aliphatic hydroxyl groups excluding tert-OH is 1. The fourth-order valence-electron chi connectivity index (χ4n) is 3.90. The first-order valence-corrected chi connectivity index (χ1v) is 10.2. The van der Waals surface area contributed by atoms with Crippen LogP contribution in [-0.4, -0.2) is 23.9 Å². The second kappa shape index (κ2) is 8.48. The van der Waals surface area contributed by atoms with Crippen LogP contribution in [0.4, 0.5) is 10.1 Å². The Labute approximate surface area is 189 Å². The Morgan fingerprint density at radius 3 is 2.41 bits per heavy atom. The highest BCUT2D eigenvalue weighted by Crippen LogP contribution is 2.44. The van der Waals surface area contributed by atoms with E-state index in [1.165, 1.54) is 42.3 Å². The molecule has 4 rings (SSSR count). The Morgan fingerprint density at radius 1 is 1.06 bits per heavy atom. The van der Waals surface area contributed by atoms with Gasteiger partial charge >= 0.3 is 0 Å². The quantitative estimate of drug-likeness (QED) is 0.326. The monoisotopic (exact) mass is 451 g/mol. The van der Waals surface area contributed by atoms with Crippen LogP contribution in [0, 0.1) is 12.7 Å². The third kappa shape index (κ3) is 3.63. The predicted molar refractivity (Wildman–Crippen MR) is 120 cm³/mol. The van der Waals surface area contributed by atoms with Gasteiger partial charge < -0.3 is 9.84 Å². The van der Waals surface area contributed by atoms with Crippen molar-refractivity contribution in [2.75, 3.05) is 12.0 Å². The van der Waals surface area contributed by atoms with E-state index in [0.717, 1.165) is 5.56 Å².